The van der Waals surface area contributed by atoms with Crippen LogP contribution in [0.5, 0.6) is 0 Å². The molecule has 1 atom stereocenters. The van der Waals surface area contributed by atoms with Gasteiger partial charge in [0.2, 0.25) is 5.91 Å². The predicted molar refractivity (Wildman–Crippen MR) is 143 cm³/mol. The predicted octanol–water partition coefficient (Wildman–Crippen LogP) is 5.41. The van der Waals surface area contributed by atoms with E-state index in [1.54, 1.807) is 29.5 Å². The Balaban J connectivity index is 1.19. The minimum absolute atomic E-state index is 0.177. The van der Waals surface area contributed by atoms with Crippen LogP contribution in [-0.2, 0) is 11.2 Å². The number of fused-ring (bicyclic) bond motifs is 1. The van der Waals surface area contributed by atoms with Crippen molar-refractivity contribution in [2.45, 2.75) is 30.7 Å². The second kappa shape index (κ2) is 10.5. The zero-order valence-electron chi connectivity index (χ0n) is 19.1. The molecular weight excluding hydrogens is 486 g/mol. The Morgan fingerprint density at radius 2 is 2.00 bits per heavy atom. The van der Waals surface area contributed by atoms with Crippen molar-refractivity contribution in [1.82, 2.24) is 9.88 Å². The van der Waals surface area contributed by atoms with Crippen LogP contribution < -0.4 is 14.5 Å². The number of anilines is 3. The van der Waals surface area contributed by atoms with Crippen LogP contribution in [0, 0.1) is 0 Å². The quantitative estimate of drug-likeness (QED) is 0.445. The normalized spacial score (nSPS) is 16.8. The summed E-state index contributed by atoms with van der Waals surface area (Å²) in [6.45, 7) is 6.07. The van der Waals surface area contributed by atoms with Crippen molar-refractivity contribution < 1.29 is 4.79 Å². The highest BCUT2D eigenvalue weighted by Gasteiger charge is 2.31. The molecule has 0 saturated carbocycles. The number of thiazole rings is 1. The molecule has 178 valence electrons. The average Bonchev–Trinajstić information content (AvgIpc) is 3.40. The number of benzene rings is 2. The number of hydrogen-bond donors (Lipinski definition) is 1. The number of hydrogen-bond acceptors (Lipinski definition) is 7. The lowest BCUT2D eigenvalue weighted by Crippen LogP contribution is -2.55. The number of carbonyl (C=O) groups is 1. The van der Waals surface area contributed by atoms with E-state index in [1.807, 2.05) is 29.3 Å². The first-order valence-corrected chi connectivity index (χ1v) is 13.7. The Morgan fingerprint density at radius 3 is 2.79 bits per heavy atom. The first kappa shape index (κ1) is 23.3. The molecular formula is C25H28ClN5OS2. The number of aromatic nitrogens is 1. The average molecular weight is 514 g/mol. The van der Waals surface area contributed by atoms with Crippen LogP contribution in [0.2, 0.25) is 5.02 Å². The number of aryl methyl sites for hydroxylation is 1. The molecule has 0 bridgehead atoms. The maximum absolute atomic E-state index is 13.4. The van der Waals surface area contributed by atoms with Gasteiger partial charge in [0.1, 0.15) is 6.04 Å². The number of piperazine rings is 1. The number of carbonyl (C=O) groups excluding carboxylic acids is 1. The van der Waals surface area contributed by atoms with Crippen molar-refractivity contribution in [3.05, 3.63) is 64.6 Å². The second-order valence-electron chi connectivity index (χ2n) is 8.60. The van der Waals surface area contributed by atoms with Gasteiger partial charge >= 0.3 is 0 Å². The number of nitrogens with one attached hydrogen (secondary N) is 1. The van der Waals surface area contributed by atoms with Crippen LogP contribution >= 0.6 is 34.9 Å². The fraction of sp³-hybridized carbons (Fsp3) is 0.360. The number of rotatable bonds is 6. The third-order valence-electron chi connectivity index (χ3n) is 6.48. The maximum atomic E-state index is 13.4. The van der Waals surface area contributed by atoms with E-state index in [9.17, 15) is 4.79 Å². The van der Waals surface area contributed by atoms with Gasteiger partial charge in [0.05, 0.1) is 0 Å². The first-order valence-electron chi connectivity index (χ1n) is 11.6. The molecule has 0 radical (unpaired) electrons. The molecule has 9 heteroatoms. The van der Waals surface area contributed by atoms with E-state index in [2.05, 4.69) is 49.8 Å². The van der Waals surface area contributed by atoms with Crippen LogP contribution in [0.3, 0.4) is 0 Å². The van der Waals surface area contributed by atoms with E-state index >= 15 is 0 Å². The van der Waals surface area contributed by atoms with E-state index in [1.165, 1.54) is 11.3 Å². The van der Waals surface area contributed by atoms with Crippen LogP contribution in [-0.4, -0.2) is 54.6 Å². The summed E-state index contributed by atoms with van der Waals surface area (Å²) >= 11 is 9.35. The Kier molecular flexibility index (Phi) is 7.18. The van der Waals surface area contributed by atoms with Gasteiger partial charge in [-0.2, -0.15) is 0 Å². The molecule has 5 rings (SSSR count). The van der Waals surface area contributed by atoms with Gasteiger partial charge in [-0.05, 0) is 73.7 Å². The Morgan fingerprint density at radius 1 is 1.15 bits per heavy atom. The van der Waals surface area contributed by atoms with Crippen molar-refractivity contribution in [2.24, 2.45) is 0 Å². The highest BCUT2D eigenvalue weighted by atomic mass is 35.5. The molecule has 1 amide bonds. The van der Waals surface area contributed by atoms with E-state index in [4.69, 9.17) is 11.6 Å². The van der Waals surface area contributed by atoms with Gasteiger partial charge in [-0.1, -0.05) is 17.7 Å². The summed E-state index contributed by atoms with van der Waals surface area (Å²) < 4.78 is 3.29. The highest BCUT2D eigenvalue weighted by Crippen LogP contribution is 2.32. The van der Waals surface area contributed by atoms with Gasteiger partial charge in [0.15, 0.2) is 5.13 Å². The lowest BCUT2D eigenvalue weighted by Gasteiger charge is -2.41. The van der Waals surface area contributed by atoms with Crippen molar-refractivity contribution in [3.8, 4) is 0 Å². The second-order valence-corrected chi connectivity index (χ2v) is 10.8. The zero-order chi connectivity index (χ0) is 23.5. The van der Waals surface area contributed by atoms with Gasteiger partial charge in [0.25, 0.3) is 0 Å². The third kappa shape index (κ3) is 5.14. The molecule has 3 heterocycles. The topological polar surface area (TPSA) is 51.7 Å². The Hall–Kier alpha value is -2.42. The molecule has 1 aromatic heterocycles. The Labute approximate surface area is 214 Å². The molecule has 1 fully saturated rings. The van der Waals surface area contributed by atoms with Crippen LogP contribution in [0.1, 0.15) is 18.9 Å². The monoisotopic (exact) mass is 513 g/mol. The lowest BCUT2D eigenvalue weighted by molar-refractivity contribution is -0.132. The molecule has 0 aliphatic carbocycles. The molecule has 2 aromatic carbocycles. The number of halogens is 1. The third-order valence-corrected chi connectivity index (χ3v) is 8.32. The summed E-state index contributed by atoms with van der Waals surface area (Å²) in [5, 5.41) is 3.62. The van der Waals surface area contributed by atoms with Crippen molar-refractivity contribution >= 4 is 57.3 Å². The minimum Gasteiger partial charge on any atom is -0.368 e. The summed E-state index contributed by atoms with van der Waals surface area (Å²) in [6, 6.07) is 14.4. The van der Waals surface area contributed by atoms with Crippen LogP contribution in [0.25, 0.3) is 0 Å². The van der Waals surface area contributed by atoms with Gasteiger partial charge in [-0.15, -0.1) is 11.3 Å². The van der Waals surface area contributed by atoms with Gasteiger partial charge in [-0.25, -0.2) is 4.98 Å². The largest absolute Gasteiger partial charge is 0.368 e. The summed E-state index contributed by atoms with van der Waals surface area (Å²) in [7, 11) is 0. The van der Waals surface area contributed by atoms with E-state index in [-0.39, 0.29) is 11.9 Å². The fourth-order valence-corrected chi connectivity index (χ4v) is 6.17. The SMILES string of the molecule is C[C@@H](C(=O)N1CCN(c2cccc(SNc3nccs3)c2)CC1)N1CCCc2cc(Cl)ccc21. The van der Waals surface area contributed by atoms with E-state index in [0.29, 0.717) is 0 Å². The molecule has 34 heavy (non-hydrogen) atoms. The summed E-state index contributed by atoms with van der Waals surface area (Å²) in [6.07, 6.45) is 3.86. The zero-order valence-corrected chi connectivity index (χ0v) is 21.5. The van der Waals surface area contributed by atoms with Gasteiger partial charge < -0.3 is 19.4 Å². The lowest BCUT2D eigenvalue weighted by atomic mass is 10.00. The number of amides is 1. The summed E-state index contributed by atoms with van der Waals surface area (Å²) in [4.78, 5) is 25.4. The first-order chi connectivity index (χ1) is 16.6. The summed E-state index contributed by atoms with van der Waals surface area (Å²) in [5.41, 5.74) is 3.58. The Bertz CT molecular complexity index is 1130. The molecule has 1 N–H and O–H groups in total. The number of nitrogens with zero attached hydrogens (tertiary/aromatic N) is 4. The fourth-order valence-electron chi connectivity index (χ4n) is 4.70. The van der Waals surface area contributed by atoms with E-state index < -0.39 is 0 Å². The molecule has 0 unspecified atom stereocenters. The maximum Gasteiger partial charge on any atom is 0.245 e. The van der Waals surface area contributed by atoms with Crippen LogP contribution in [0.4, 0.5) is 16.5 Å². The smallest absolute Gasteiger partial charge is 0.245 e. The molecule has 2 aliphatic rings. The van der Waals surface area contributed by atoms with Crippen molar-refractivity contribution in [2.75, 3.05) is 47.2 Å². The molecule has 2 aliphatic heterocycles. The highest BCUT2D eigenvalue weighted by molar-refractivity contribution is 8.00. The molecule has 3 aromatic rings. The molecule has 6 nitrogen and oxygen atoms in total. The van der Waals surface area contributed by atoms with Crippen molar-refractivity contribution in [3.63, 3.8) is 0 Å². The van der Waals surface area contributed by atoms with Crippen molar-refractivity contribution in [1.29, 1.82) is 0 Å². The van der Waals surface area contributed by atoms with E-state index in [0.717, 1.165) is 66.3 Å². The standard InChI is InChI=1S/C25H28ClN5OS2/c1-18(31-10-3-4-19-16-20(26)7-8-23(19)31)24(32)30-13-11-29(12-14-30)21-5-2-6-22(17-21)34-28-25-27-9-15-33-25/h2,5-9,15-18H,3-4,10-14H2,1H3,(H,27,28)/t18-/m0/s1. The van der Waals surface area contributed by atoms with Crippen LogP contribution in [0.15, 0.2) is 58.9 Å². The molecule has 1 saturated heterocycles. The summed E-state index contributed by atoms with van der Waals surface area (Å²) in [5.74, 6) is 0.208. The van der Waals surface area contributed by atoms with Gasteiger partial charge in [-0.3, -0.25) is 4.79 Å². The molecule has 0 spiro atoms. The minimum atomic E-state index is -0.177. The van der Waals surface area contributed by atoms with Gasteiger partial charge in [0, 0.05) is 65.6 Å².